The molecule has 3 rings (SSSR count). The number of rotatable bonds is 4. The molecule has 0 spiro atoms. The standard InChI is InChI=1S/C17H18FN3OS/c18-16-11-19-5-4-15(16)17(22)20-14-3-1-2-13(10-14)12-21-6-8-23-9-7-21/h1-5,10-11H,6-9,12H2,(H,20,22). The lowest BCUT2D eigenvalue weighted by Gasteiger charge is -2.26. The van der Waals surface area contributed by atoms with Crippen LogP contribution in [-0.2, 0) is 6.54 Å². The number of anilines is 1. The van der Waals surface area contributed by atoms with Gasteiger partial charge in [0.1, 0.15) is 0 Å². The van der Waals surface area contributed by atoms with Crippen molar-refractivity contribution in [3.63, 3.8) is 0 Å². The van der Waals surface area contributed by atoms with E-state index in [-0.39, 0.29) is 5.56 Å². The van der Waals surface area contributed by atoms with Crippen LogP contribution in [0.3, 0.4) is 0 Å². The van der Waals surface area contributed by atoms with Gasteiger partial charge in [-0.2, -0.15) is 11.8 Å². The highest BCUT2D eigenvalue weighted by Gasteiger charge is 2.13. The van der Waals surface area contributed by atoms with Crippen LogP contribution >= 0.6 is 11.8 Å². The van der Waals surface area contributed by atoms with Gasteiger partial charge < -0.3 is 5.32 Å². The van der Waals surface area contributed by atoms with Crippen LogP contribution in [0.2, 0.25) is 0 Å². The first kappa shape index (κ1) is 16.0. The maximum absolute atomic E-state index is 13.6. The Bertz CT molecular complexity index is 689. The van der Waals surface area contributed by atoms with Crippen LogP contribution in [0, 0.1) is 5.82 Å². The van der Waals surface area contributed by atoms with E-state index in [9.17, 15) is 9.18 Å². The quantitative estimate of drug-likeness (QED) is 0.935. The molecule has 1 aliphatic rings. The first-order chi connectivity index (χ1) is 11.2. The van der Waals surface area contributed by atoms with Gasteiger partial charge in [-0.05, 0) is 23.8 Å². The summed E-state index contributed by atoms with van der Waals surface area (Å²) in [6.45, 7) is 3.04. The SMILES string of the molecule is O=C(Nc1cccc(CN2CCSCC2)c1)c1ccncc1F. The van der Waals surface area contributed by atoms with Gasteiger partial charge in [0.25, 0.3) is 5.91 Å². The molecule has 0 aliphatic carbocycles. The predicted molar refractivity (Wildman–Crippen MR) is 91.2 cm³/mol. The third-order valence-electron chi connectivity index (χ3n) is 3.71. The van der Waals surface area contributed by atoms with E-state index in [4.69, 9.17) is 0 Å². The third-order valence-corrected chi connectivity index (χ3v) is 4.65. The molecule has 0 unspecified atom stereocenters. The smallest absolute Gasteiger partial charge is 0.258 e. The molecule has 4 nitrogen and oxygen atoms in total. The Morgan fingerprint density at radius 2 is 2.13 bits per heavy atom. The predicted octanol–water partition coefficient (Wildman–Crippen LogP) is 3.02. The summed E-state index contributed by atoms with van der Waals surface area (Å²) in [6.07, 6.45) is 2.45. The van der Waals surface area contributed by atoms with Crippen LogP contribution in [-0.4, -0.2) is 40.4 Å². The van der Waals surface area contributed by atoms with Crippen molar-refractivity contribution in [3.8, 4) is 0 Å². The third kappa shape index (κ3) is 4.30. The molecule has 1 aromatic heterocycles. The molecule has 1 saturated heterocycles. The van der Waals surface area contributed by atoms with Crippen LogP contribution in [0.1, 0.15) is 15.9 Å². The Kier molecular flexibility index (Phi) is 5.25. The highest BCUT2D eigenvalue weighted by atomic mass is 32.2. The number of amides is 1. The number of aromatic nitrogens is 1. The van der Waals surface area contributed by atoms with Gasteiger partial charge in [-0.3, -0.25) is 14.7 Å². The number of carbonyl (C=O) groups excluding carboxylic acids is 1. The first-order valence-corrected chi connectivity index (χ1v) is 8.68. The molecule has 2 heterocycles. The zero-order chi connectivity index (χ0) is 16.1. The summed E-state index contributed by atoms with van der Waals surface area (Å²) >= 11 is 1.98. The summed E-state index contributed by atoms with van der Waals surface area (Å²) in [6, 6.07) is 9.09. The Labute approximate surface area is 139 Å². The van der Waals surface area contributed by atoms with E-state index in [2.05, 4.69) is 15.2 Å². The zero-order valence-electron chi connectivity index (χ0n) is 12.7. The van der Waals surface area contributed by atoms with Crippen molar-refractivity contribution in [1.82, 2.24) is 9.88 Å². The minimum Gasteiger partial charge on any atom is -0.322 e. The summed E-state index contributed by atoms with van der Waals surface area (Å²) in [5.74, 6) is 1.25. The van der Waals surface area contributed by atoms with E-state index in [0.29, 0.717) is 5.69 Å². The van der Waals surface area contributed by atoms with Crippen molar-refractivity contribution in [1.29, 1.82) is 0 Å². The number of hydrogen-bond donors (Lipinski definition) is 1. The van der Waals surface area contributed by atoms with Gasteiger partial charge in [0, 0.05) is 43.0 Å². The van der Waals surface area contributed by atoms with Gasteiger partial charge in [-0.25, -0.2) is 4.39 Å². The van der Waals surface area contributed by atoms with E-state index in [1.165, 1.54) is 12.3 Å². The lowest BCUT2D eigenvalue weighted by Crippen LogP contribution is -2.31. The summed E-state index contributed by atoms with van der Waals surface area (Å²) in [5.41, 5.74) is 1.82. The zero-order valence-corrected chi connectivity index (χ0v) is 13.5. The molecule has 120 valence electrons. The molecule has 1 N–H and O–H groups in total. The van der Waals surface area contributed by atoms with Gasteiger partial charge >= 0.3 is 0 Å². The van der Waals surface area contributed by atoms with Crippen LogP contribution < -0.4 is 5.32 Å². The van der Waals surface area contributed by atoms with Gasteiger partial charge in [-0.1, -0.05) is 12.1 Å². The van der Waals surface area contributed by atoms with Crippen LogP contribution in [0.5, 0.6) is 0 Å². The summed E-state index contributed by atoms with van der Waals surface area (Å²) in [4.78, 5) is 18.2. The van der Waals surface area contributed by atoms with Gasteiger partial charge in [0.05, 0.1) is 11.8 Å². The molecule has 6 heteroatoms. The van der Waals surface area contributed by atoms with Crippen LogP contribution in [0.4, 0.5) is 10.1 Å². The van der Waals surface area contributed by atoms with Crippen LogP contribution in [0.25, 0.3) is 0 Å². The highest BCUT2D eigenvalue weighted by Crippen LogP contribution is 2.17. The monoisotopic (exact) mass is 331 g/mol. The number of benzene rings is 1. The Morgan fingerprint density at radius 1 is 1.30 bits per heavy atom. The molecular weight excluding hydrogens is 313 g/mol. The van der Waals surface area contributed by atoms with E-state index in [1.54, 1.807) is 0 Å². The fourth-order valence-electron chi connectivity index (χ4n) is 2.52. The fraction of sp³-hybridized carbons (Fsp3) is 0.294. The topological polar surface area (TPSA) is 45.2 Å². The number of nitrogens with zero attached hydrogens (tertiary/aromatic N) is 2. The average molecular weight is 331 g/mol. The van der Waals surface area contributed by atoms with Crippen molar-refractivity contribution in [2.45, 2.75) is 6.54 Å². The number of carbonyl (C=O) groups is 1. The lowest BCUT2D eigenvalue weighted by molar-refractivity contribution is 0.102. The summed E-state index contributed by atoms with van der Waals surface area (Å²) < 4.78 is 13.6. The molecule has 2 aromatic rings. The number of pyridine rings is 1. The second kappa shape index (κ2) is 7.57. The molecular formula is C17H18FN3OS. The van der Waals surface area contributed by atoms with Gasteiger partial charge in [-0.15, -0.1) is 0 Å². The summed E-state index contributed by atoms with van der Waals surface area (Å²) in [5, 5.41) is 2.75. The number of thioether (sulfide) groups is 1. The van der Waals surface area contributed by atoms with E-state index >= 15 is 0 Å². The first-order valence-electron chi connectivity index (χ1n) is 7.52. The van der Waals surface area contributed by atoms with E-state index < -0.39 is 11.7 Å². The molecule has 1 fully saturated rings. The molecule has 1 aromatic carbocycles. The number of hydrogen-bond acceptors (Lipinski definition) is 4. The number of nitrogens with one attached hydrogen (secondary N) is 1. The molecule has 0 saturated carbocycles. The van der Waals surface area contributed by atoms with Gasteiger partial charge in [0.2, 0.25) is 0 Å². The Morgan fingerprint density at radius 3 is 2.91 bits per heavy atom. The highest BCUT2D eigenvalue weighted by molar-refractivity contribution is 7.99. The normalized spacial score (nSPS) is 15.3. The molecule has 1 amide bonds. The second-order valence-electron chi connectivity index (χ2n) is 5.40. The lowest BCUT2D eigenvalue weighted by atomic mass is 10.1. The van der Waals surface area contributed by atoms with Crippen molar-refractivity contribution in [2.75, 3.05) is 29.9 Å². The molecule has 0 bridgehead atoms. The second-order valence-corrected chi connectivity index (χ2v) is 6.62. The van der Waals surface area contributed by atoms with Gasteiger partial charge in [0.15, 0.2) is 5.82 Å². The van der Waals surface area contributed by atoms with Crippen molar-refractivity contribution < 1.29 is 9.18 Å². The molecule has 23 heavy (non-hydrogen) atoms. The number of halogens is 1. The van der Waals surface area contributed by atoms with Crippen molar-refractivity contribution in [2.24, 2.45) is 0 Å². The maximum Gasteiger partial charge on any atom is 0.258 e. The largest absolute Gasteiger partial charge is 0.322 e. The van der Waals surface area contributed by atoms with Crippen molar-refractivity contribution in [3.05, 3.63) is 59.7 Å². The Balaban J connectivity index is 1.67. The summed E-state index contributed by atoms with van der Waals surface area (Å²) in [7, 11) is 0. The minimum absolute atomic E-state index is 0.00143. The fourth-order valence-corrected chi connectivity index (χ4v) is 3.50. The molecule has 0 atom stereocenters. The van der Waals surface area contributed by atoms with Crippen molar-refractivity contribution >= 4 is 23.4 Å². The average Bonchev–Trinajstić information content (AvgIpc) is 2.56. The molecule has 0 radical (unpaired) electrons. The van der Waals surface area contributed by atoms with E-state index in [1.807, 2.05) is 36.0 Å². The minimum atomic E-state index is -0.619. The molecule has 1 aliphatic heterocycles. The Hall–Kier alpha value is -1.92. The van der Waals surface area contributed by atoms with Crippen LogP contribution in [0.15, 0.2) is 42.7 Å². The van der Waals surface area contributed by atoms with E-state index in [0.717, 1.165) is 42.9 Å². The maximum atomic E-state index is 13.6.